The number of nitrogens with zero attached hydrogens (tertiary/aromatic N) is 5. The lowest BCUT2D eigenvalue weighted by Crippen LogP contribution is -2.29. The lowest BCUT2D eigenvalue weighted by atomic mass is 9.76. The number of Topliss-reactive ketones (excluding diaryl/α,β-unsaturated/α-hetero) is 1. The smallest absolute Gasteiger partial charge is 0.322 e. The first kappa shape index (κ1) is 52.2. The molecule has 1 unspecified atom stereocenters. The number of fused-ring (bicyclic) bond motifs is 2. The summed E-state index contributed by atoms with van der Waals surface area (Å²) in [6, 6.07) is 11.1. The third-order valence-electron chi connectivity index (χ3n) is 12.3. The fourth-order valence-electron chi connectivity index (χ4n) is 8.93. The molecule has 3 heterocycles. The van der Waals surface area contributed by atoms with E-state index < -0.39 is 37.4 Å². The van der Waals surface area contributed by atoms with Gasteiger partial charge < -0.3 is 15.3 Å². The molecular formula is C48H64ClN6O9S2+. The van der Waals surface area contributed by atoms with Gasteiger partial charge in [0.15, 0.2) is 5.71 Å². The Labute approximate surface area is 394 Å². The molecule has 15 nitrogen and oxygen atoms in total. The molecule has 1 aromatic heterocycles. The summed E-state index contributed by atoms with van der Waals surface area (Å²) in [4.78, 5) is 38.2. The van der Waals surface area contributed by atoms with E-state index in [-0.39, 0.29) is 46.8 Å². The molecular weight excluding hydrogens is 904 g/mol. The van der Waals surface area contributed by atoms with Crippen molar-refractivity contribution in [2.75, 3.05) is 35.6 Å². The molecule has 1 atom stereocenters. The number of allylic oxidation sites excluding steroid dienone is 6. The van der Waals surface area contributed by atoms with Crippen molar-refractivity contribution < 1.29 is 45.2 Å². The van der Waals surface area contributed by atoms with E-state index in [2.05, 4.69) is 70.2 Å². The summed E-state index contributed by atoms with van der Waals surface area (Å²) >= 11 is 5.99. The van der Waals surface area contributed by atoms with Gasteiger partial charge in [-0.3, -0.25) is 18.7 Å². The maximum absolute atomic E-state index is 12.9. The molecule has 0 radical (unpaired) electrons. The molecule has 66 heavy (non-hydrogen) atoms. The van der Waals surface area contributed by atoms with Gasteiger partial charge in [-0.25, -0.2) is 4.98 Å². The van der Waals surface area contributed by atoms with Crippen LogP contribution in [0.1, 0.15) is 127 Å². The first-order valence-corrected chi connectivity index (χ1v) is 26.1. The summed E-state index contributed by atoms with van der Waals surface area (Å²) in [6.07, 6.45) is 19.7. The average Bonchev–Trinajstić information content (AvgIpc) is 3.59. The van der Waals surface area contributed by atoms with Gasteiger partial charge in [-0.2, -0.15) is 31.4 Å². The highest BCUT2D eigenvalue weighted by atomic mass is 35.5. The van der Waals surface area contributed by atoms with Crippen LogP contribution >= 0.6 is 11.6 Å². The molecule has 2 aliphatic rings. The van der Waals surface area contributed by atoms with Gasteiger partial charge in [0, 0.05) is 66.7 Å². The zero-order valence-electron chi connectivity index (χ0n) is 38.6. The predicted molar refractivity (Wildman–Crippen MR) is 258 cm³/mol. The molecule has 0 bridgehead atoms. The Morgan fingerprint density at radius 1 is 0.864 bits per heavy atom. The Morgan fingerprint density at radius 2 is 1.59 bits per heavy atom. The van der Waals surface area contributed by atoms with Crippen LogP contribution in [0.2, 0.25) is 5.28 Å². The van der Waals surface area contributed by atoms with Crippen LogP contribution in [0.5, 0.6) is 0 Å². The number of aryl methyl sites for hydroxylation is 2. The van der Waals surface area contributed by atoms with Crippen molar-refractivity contribution in [3.63, 3.8) is 0 Å². The number of aliphatic carboxylic acids is 1. The van der Waals surface area contributed by atoms with E-state index in [1.165, 1.54) is 34.6 Å². The average molecular weight is 969 g/mol. The highest BCUT2D eigenvalue weighted by molar-refractivity contribution is 7.86. The second kappa shape index (κ2) is 22.8. The second-order valence-corrected chi connectivity index (χ2v) is 21.2. The topological polar surface area (TPSA) is 220 Å². The van der Waals surface area contributed by atoms with Gasteiger partial charge in [0.2, 0.25) is 16.9 Å². The van der Waals surface area contributed by atoms with Crippen molar-refractivity contribution in [3.05, 3.63) is 100 Å². The number of halogens is 1. The number of carboxylic acids is 1. The minimum Gasteiger partial charge on any atom is -0.480 e. The molecule has 358 valence electrons. The molecule has 0 amide bonds. The highest BCUT2D eigenvalue weighted by Crippen LogP contribution is 2.51. The van der Waals surface area contributed by atoms with Crippen molar-refractivity contribution in [3.8, 4) is 0 Å². The van der Waals surface area contributed by atoms with E-state index in [4.69, 9.17) is 16.7 Å². The van der Waals surface area contributed by atoms with Crippen molar-refractivity contribution in [1.29, 1.82) is 0 Å². The summed E-state index contributed by atoms with van der Waals surface area (Å²) < 4.78 is 68.5. The predicted octanol–water partition coefficient (Wildman–Crippen LogP) is 9.13. The second-order valence-electron chi connectivity index (χ2n) is 17.9. The molecule has 0 saturated carbocycles. The number of carboxylic acid groups (broad SMARTS) is 1. The summed E-state index contributed by atoms with van der Waals surface area (Å²) in [6.45, 7) is 11.3. The number of aromatic nitrogens is 3. The summed E-state index contributed by atoms with van der Waals surface area (Å²) in [5.74, 6) is -0.618. The molecule has 3 aromatic rings. The minimum absolute atomic E-state index is 0.00337. The number of benzene rings is 2. The molecule has 0 fully saturated rings. The van der Waals surface area contributed by atoms with E-state index in [1.807, 2.05) is 42.7 Å². The highest BCUT2D eigenvalue weighted by Gasteiger charge is 2.45. The minimum atomic E-state index is -4.46. The molecule has 2 aliphatic heterocycles. The van der Waals surface area contributed by atoms with Crippen LogP contribution < -0.4 is 10.2 Å². The fourth-order valence-corrected chi connectivity index (χ4v) is 10.1. The van der Waals surface area contributed by atoms with Gasteiger partial charge in [-0.15, -0.1) is 0 Å². The first-order chi connectivity index (χ1) is 31.1. The fraction of sp³-hybridized carbons (Fsp3) is 0.500. The number of carbonyl (C=O) groups excluding carboxylic acids is 1. The van der Waals surface area contributed by atoms with Crippen LogP contribution in [0.3, 0.4) is 0 Å². The Balaban J connectivity index is 1.24. The van der Waals surface area contributed by atoms with Crippen LogP contribution in [0.4, 0.5) is 17.3 Å². The zero-order valence-corrected chi connectivity index (χ0v) is 41.0. The molecule has 0 saturated heterocycles. The van der Waals surface area contributed by atoms with E-state index in [9.17, 15) is 35.5 Å². The number of nitrogens with one attached hydrogen (secondary N) is 1. The number of carbonyl (C=O) groups is 2. The molecule has 4 N–H and O–H groups in total. The Kier molecular flexibility index (Phi) is 18.0. The van der Waals surface area contributed by atoms with Crippen LogP contribution in [0.25, 0.3) is 0 Å². The molecule has 5 rings (SSSR count). The molecule has 0 aliphatic carbocycles. The number of hydrogen-bond acceptors (Lipinski definition) is 11. The number of unbranched alkanes of at least 4 members (excludes halogenated alkanes) is 5. The third kappa shape index (κ3) is 13.9. The van der Waals surface area contributed by atoms with Crippen LogP contribution in [0, 0.1) is 6.92 Å². The van der Waals surface area contributed by atoms with Crippen molar-refractivity contribution in [1.82, 2.24) is 15.0 Å². The van der Waals surface area contributed by atoms with Crippen molar-refractivity contribution in [2.45, 2.75) is 134 Å². The van der Waals surface area contributed by atoms with Gasteiger partial charge >= 0.3 is 5.97 Å². The van der Waals surface area contributed by atoms with E-state index in [1.54, 1.807) is 6.07 Å². The number of rotatable bonds is 26. The SMILES string of the molecule is CCCCN1C(=CC=CC=CC2=[N+](CCCS(=O)(=O)O)c3ccc(S(=O)(=O)O)cc3C2(C)C)C(C)(CCCCCC(=O)CCCCCc2nc(Cl)nc(NCC(=O)O)n2)c2cc(C)ccc21. The van der Waals surface area contributed by atoms with Gasteiger partial charge in [0.05, 0.1) is 16.1 Å². The normalized spacial score (nSPS) is 17.6. The lowest BCUT2D eigenvalue weighted by molar-refractivity contribution is -0.437. The van der Waals surface area contributed by atoms with E-state index in [0.29, 0.717) is 36.3 Å². The molecule has 0 spiro atoms. The Bertz CT molecular complexity index is 2610. The number of anilines is 2. The third-order valence-corrected chi connectivity index (χ3v) is 14.2. The summed E-state index contributed by atoms with van der Waals surface area (Å²) in [7, 11) is -8.65. The Hall–Kier alpha value is -4.81. The van der Waals surface area contributed by atoms with Gasteiger partial charge in [-0.1, -0.05) is 68.5 Å². The zero-order chi connectivity index (χ0) is 48.3. The monoisotopic (exact) mass is 967 g/mol. The molecule has 2 aromatic carbocycles. The lowest BCUT2D eigenvalue weighted by Gasteiger charge is -2.30. The quantitative estimate of drug-likeness (QED) is 0.0255. The maximum Gasteiger partial charge on any atom is 0.322 e. The van der Waals surface area contributed by atoms with Crippen molar-refractivity contribution >= 4 is 66.6 Å². The largest absolute Gasteiger partial charge is 0.480 e. The standard InChI is InChI=1S/C48H63ClN6O9S2/c1-6-7-28-55-40-25-23-34(2)31-38(40)48(5,27-16-10-12-19-35(56)18-11-8-15-22-43-51-45(49)53-46(52-43)50-33-44(57)58)42(55)21-14-9-13-20-41-47(3,4)37-32-36(66(62,63)64)24-26-39(37)54(41)29-17-30-65(59,60)61/h9,13-14,20-21,23-26,31-32H,6-8,10-12,15-19,22,27-30,33H2,1-5H3,(H3-,50,51,52,53,57,58,59,60,61,62,63,64)/p+1. The first-order valence-electron chi connectivity index (χ1n) is 22.7. The Morgan fingerprint density at radius 3 is 2.27 bits per heavy atom. The van der Waals surface area contributed by atoms with Gasteiger partial charge in [0.25, 0.3) is 20.2 Å². The molecule has 18 heteroatoms. The van der Waals surface area contributed by atoms with Crippen LogP contribution in [0.15, 0.2) is 77.4 Å². The number of ketones is 1. The van der Waals surface area contributed by atoms with Gasteiger partial charge in [-0.05, 0) is 101 Å². The van der Waals surface area contributed by atoms with Gasteiger partial charge in [0.1, 0.15) is 24.7 Å². The number of hydrogen-bond donors (Lipinski definition) is 4. The van der Waals surface area contributed by atoms with Crippen LogP contribution in [-0.2, 0) is 47.1 Å². The van der Waals surface area contributed by atoms with E-state index >= 15 is 0 Å². The maximum atomic E-state index is 12.9. The van der Waals surface area contributed by atoms with Crippen LogP contribution in [-0.4, -0.2) is 93.4 Å². The van der Waals surface area contributed by atoms with Crippen molar-refractivity contribution in [2.24, 2.45) is 0 Å². The summed E-state index contributed by atoms with van der Waals surface area (Å²) in [5.41, 5.74) is 6.09. The summed E-state index contributed by atoms with van der Waals surface area (Å²) in [5, 5.41) is 11.5. The van der Waals surface area contributed by atoms with E-state index in [0.717, 1.165) is 70.0 Å².